The molecule has 0 aromatic heterocycles. The van der Waals surface area contributed by atoms with Gasteiger partial charge in [-0.1, -0.05) is 127 Å². The van der Waals surface area contributed by atoms with E-state index in [4.69, 9.17) is 9.31 Å². The van der Waals surface area contributed by atoms with Crippen LogP contribution in [0.3, 0.4) is 0 Å². The number of hydrogen-bond donors (Lipinski definition) is 0. The first-order valence-electron chi connectivity index (χ1n) is 14.9. The molecule has 204 valence electrons. The summed E-state index contributed by atoms with van der Waals surface area (Å²) < 4.78 is 13.0. The van der Waals surface area contributed by atoms with Gasteiger partial charge in [0.25, 0.3) is 0 Å². The molecule has 42 heavy (non-hydrogen) atoms. The lowest BCUT2D eigenvalue weighted by atomic mass is 9.77. The summed E-state index contributed by atoms with van der Waals surface area (Å²) in [6.07, 6.45) is 0. The van der Waals surface area contributed by atoms with Crippen molar-refractivity contribution in [1.29, 1.82) is 0 Å². The molecule has 2 aliphatic rings. The van der Waals surface area contributed by atoms with Gasteiger partial charge in [-0.3, -0.25) is 0 Å². The van der Waals surface area contributed by atoms with Crippen LogP contribution in [0.4, 0.5) is 0 Å². The molecule has 0 saturated carbocycles. The predicted molar refractivity (Wildman–Crippen MR) is 180 cm³/mol. The van der Waals surface area contributed by atoms with Crippen LogP contribution in [-0.2, 0) is 9.31 Å². The number of hydrogen-bond acceptors (Lipinski definition) is 2. The van der Waals surface area contributed by atoms with Gasteiger partial charge in [-0.05, 0) is 86.6 Å². The van der Waals surface area contributed by atoms with E-state index in [0.717, 1.165) is 5.46 Å². The minimum absolute atomic E-state index is 0.392. The van der Waals surface area contributed by atoms with Gasteiger partial charge in [0.1, 0.15) is 0 Å². The van der Waals surface area contributed by atoms with Crippen LogP contribution in [0.1, 0.15) is 27.7 Å². The van der Waals surface area contributed by atoms with Gasteiger partial charge in [0.05, 0.1) is 11.2 Å². The van der Waals surface area contributed by atoms with Gasteiger partial charge < -0.3 is 9.31 Å². The molecule has 0 N–H and O–H groups in total. The Hall–Kier alpha value is -3.96. The lowest BCUT2D eigenvalue weighted by Crippen LogP contribution is -2.73. The third-order valence-electron chi connectivity index (χ3n) is 9.96. The highest BCUT2D eigenvalue weighted by molar-refractivity contribution is 7.23. The fraction of sp³-hybridized carbons (Fsp3) is 0.158. The van der Waals surface area contributed by atoms with Crippen LogP contribution in [0.15, 0.2) is 127 Å². The summed E-state index contributed by atoms with van der Waals surface area (Å²) in [5.74, 6) is 0. The Kier molecular flexibility index (Phi) is 5.52. The standard InChI is InChI=1S/C38H33BO2Si/c1-37(2)38(3,4)41-39(40-37)26-23-24-31-33(25-26)29-19-11-12-20-30(29)35-32-21-13-14-22-34(32)42(36(31)35,27-15-7-5-8-16-27)28-17-9-6-10-18-28/h5-25H,1-4H3. The minimum atomic E-state index is -2.66. The third kappa shape index (κ3) is 3.40. The van der Waals surface area contributed by atoms with Gasteiger partial charge in [0.15, 0.2) is 8.07 Å². The summed E-state index contributed by atoms with van der Waals surface area (Å²) in [6, 6.07) is 47.5. The molecule has 0 spiro atoms. The summed E-state index contributed by atoms with van der Waals surface area (Å²) in [4.78, 5) is 0. The first-order chi connectivity index (χ1) is 20.3. The zero-order valence-corrected chi connectivity index (χ0v) is 25.5. The van der Waals surface area contributed by atoms with Crippen molar-refractivity contribution in [1.82, 2.24) is 0 Å². The van der Waals surface area contributed by atoms with Crippen LogP contribution in [-0.4, -0.2) is 26.4 Å². The second-order valence-electron chi connectivity index (χ2n) is 12.7. The van der Waals surface area contributed by atoms with Gasteiger partial charge in [0.2, 0.25) is 0 Å². The Morgan fingerprint density at radius 1 is 0.524 bits per heavy atom. The molecule has 2 aliphatic heterocycles. The van der Waals surface area contributed by atoms with Crippen LogP contribution in [0.2, 0.25) is 0 Å². The number of rotatable bonds is 3. The second kappa shape index (κ2) is 9.02. The highest BCUT2D eigenvalue weighted by atomic mass is 28.3. The van der Waals surface area contributed by atoms with Crippen LogP contribution >= 0.6 is 0 Å². The maximum atomic E-state index is 6.52. The summed E-state index contributed by atoms with van der Waals surface area (Å²) in [7, 11) is -3.07. The van der Waals surface area contributed by atoms with Crippen molar-refractivity contribution in [2.75, 3.05) is 0 Å². The smallest absolute Gasteiger partial charge is 0.399 e. The molecule has 0 bridgehead atoms. The van der Waals surface area contributed by atoms with E-state index in [1.54, 1.807) is 0 Å². The van der Waals surface area contributed by atoms with Crippen molar-refractivity contribution >= 4 is 62.9 Å². The van der Waals surface area contributed by atoms with E-state index in [1.165, 1.54) is 53.4 Å². The predicted octanol–water partition coefficient (Wildman–Crippen LogP) is 5.65. The topological polar surface area (TPSA) is 18.5 Å². The zero-order valence-electron chi connectivity index (χ0n) is 24.5. The van der Waals surface area contributed by atoms with Crippen molar-refractivity contribution in [2.24, 2.45) is 0 Å². The largest absolute Gasteiger partial charge is 0.494 e. The maximum Gasteiger partial charge on any atom is 0.494 e. The molecular weight excluding hydrogens is 527 g/mol. The van der Waals surface area contributed by atoms with Gasteiger partial charge >= 0.3 is 7.12 Å². The SMILES string of the molecule is CC1(C)OB(c2ccc3c4c(c5ccccc5c3c2)-c2ccccc2[Si]4(c2ccccc2)c2ccccc2)OC1(C)C. The van der Waals surface area contributed by atoms with Gasteiger partial charge in [-0.15, -0.1) is 0 Å². The molecule has 6 aromatic carbocycles. The summed E-state index contributed by atoms with van der Waals surface area (Å²) in [5, 5.41) is 10.9. The third-order valence-corrected chi connectivity index (χ3v) is 14.9. The molecule has 1 fully saturated rings. The van der Waals surface area contributed by atoms with E-state index in [2.05, 4.69) is 155 Å². The van der Waals surface area contributed by atoms with E-state index >= 15 is 0 Å². The van der Waals surface area contributed by atoms with E-state index in [9.17, 15) is 0 Å². The maximum absolute atomic E-state index is 6.52. The molecule has 2 nitrogen and oxygen atoms in total. The number of fused-ring (bicyclic) bond motifs is 8. The van der Waals surface area contributed by atoms with Crippen LogP contribution in [0.25, 0.3) is 32.7 Å². The Balaban J connectivity index is 1.52. The van der Waals surface area contributed by atoms with Crippen molar-refractivity contribution in [3.05, 3.63) is 127 Å². The fourth-order valence-electron chi connectivity index (χ4n) is 7.31. The molecule has 4 heteroatoms. The van der Waals surface area contributed by atoms with E-state index in [1.807, 2.05) is 0 Å². The van der Waals surface area contributed by atoms with E-state index in [0.29, 0.717) is 0 Å². The molecular formula is C38H33BO2Si. The van der Waals surface area contributed by atoms with Crippen molar-refractivity contribution in [3.8, 4) is 11.1 Å². The zero-order chi connectivity index (χ0) is 28.7. The summed E-state index contributed by atoms with van der Waals surface area (Å²) in [5.41, 5.74) is 3.03. The first-order valence-corrected chi connectivity index (χ1v) is 16.9. The van der Waals surface area contributed by atoms with Gasteiger partial charge in [-0.25, -0.2) is 0 Å². The van der Waals surface area contributed by atoms with Gasteiger partial charge in [-0.2, -0.15) is 0 Å². The van der Waals surface area contributed by atoms with Crippen molar-refractivity contribution in [3.63, 3.8) is 0 Å². The van der Waals surface area contributed by atoms with Crippen LogP contribution in [0, 0.1) is 0 Å². The number of benzene rings is 6. The molecule has 0 atom stereocenters. The molecule has 1 saturated heterocycles. The quantitative estimate of drug-likeness (QED) is 0.206. The average molecular weight is 561 g/mol. The highest BCUT2D eigenvalue weighted by Gasteiger charge is 2.53. The molecule has 0 aliphatic carbocycles. The van der Waals surface area contributed by atoms with Crippen LogP contribution < -0.4 is 26.2 Å². The van der Waals surface area contributed by atoms with Crippen LogP contribution in [0.5, 0.6) is 0 Å². The molecule has 8 rings (SSSR count). The minimum Gasteiger partial charge on any atom is -0.399 e. The summed E-state index contributed by atoms with van der Waals surface area (Å²) >= 11 is 0. The molecule has 0 radical (unpaired) electrons. The Morgan fingerprint density at radius 3 is 1.71 bits per heavy atom. The van der Waals surface area contributed by atoms with Gasteiger partial charge in [0, 0.05) is 0 Å². The van der Waals surface area contributed by atoms with E-state index in [-0.39, 0.29) is 0 Å². The normalized spacial score (nSPS) is 17.9. The lowest BCUT2D eigenvalue weighted by molar-refractivity contribution is 0.00578. The monoisotopic (exact) mass is 560 g/mol. The van der Waals surface area contributed by atoms with Crippen molar-refractivity contribution < 1.29 is 9.31 Å². The van der Waals surface area contributed by atoms with Crippen molar-refractivity contribution in [2.45, 2.75) is 38.9 Å². The van der Waals surface area contributed by atoms with E-state index < -0.39 is 26.4 Å². The average Bonchev–Trinajstić information content (AvgIpc) is 3.45. The highest BCUT2D eigenvalue weighted by Crippen LogP contribution is 2.40. The Morgan fingerprint density at radius 2 is 1.07 bits per heavy atom. The molecule has 6 aromatic rings. The fourth-order valence-corrected chi connectivity index (χ4v) is 12.7. The second-order valence-corrected chi connectivity index (χ2v) is 16.4. The Labute approximate surface area is 249 Å². The molecule has 0 unspecified atom stereocenters. The Bertz CT molecular complexity index is 1940. The molecule has 2 heterocycles. The first kappa shape index (κ1) is 25.7. The molecule has 0 amide bonds. The lowest BCUT2D eigenvalue weighted by Gasteiger charge is -2.32. The summed E-state index contributed by atoms with van der Waals surface area (Å²) in [6.45, 7) is 8.47.